The van der Waals surface area contributed by atoms with E-state index < -0.39 is 0 Å². The highest BCUT2D eigenvalue weighted by Gasteiger charge is 2.12. The summed E-state index contributed by atoms with van der Waals surface area (Å²) in [6.07, 6.45) is 1.45. The Hall–Kier alpha value is -2.76. The normalized spacial score (nSPS) is 11.8. The van der Waals surface area contributed by atoms with Crippen molar-refractivity contribution in [1.82, 2.24) is 10.6 Å². The number of ether oxygens (including phenoxy) is 1. The lowest BCUT2D eigenvalue weighted by Gasteiger charge is -2.14. The molecule has 0 aliphatic heterocycles. The summed E-state index contributed by atoms with van der Waals surface area (Å²) in [5.74, 6) is 0.505. The quantitative estimate of drug-likeness (QED) is 0.818. The minimum absolute atomic E-state index is 0.0899. The van der Waals surface area contributed by atoms with E-state index in [0.717, 1.165) is 0 Å². The average Bonchev–Trinajstić information content (AvgIpc) is 3.07. The predicted molar refractivity (Wildman–Crippen MR) is 90.2 cm³/mol. The van der Waals surface area contributed by atoms with Crippen molar-refractivity contribution in [1.29, 1.82) is 0 Å². The van der Waals surface area contributed by atoms with Crippen molar-refractivity contribution in [2.24, 2.45) is 0 Å². The van der Waals surface area contributed by atoms with Gasteiger partial charge in [0.1, 0.15) is 12.4 Å². The van der Waals surface area contributed by atoms with Gasteiger partial charge in [0.25, 0.3) is 11.8 Å². The van der Waals surface area contributed by atoms with Crippen LogP contribution in [0, 0.1) is 0 Å². The van der Waals surface area contributed by atoms with Crippen LogP contribution in [0.2, 0.25) is 0 Å². The van der Waals surface area contributed by atoms with Gasteiger partial charge in [-0.15, -0.1) is 0 Å². The molecule has 0 spiro atoms. The number of hydrogen-bond acceptors (Lipinski definition) is 4. The third kappa shape index (κ3) is 5.15. The summed E-state index contributed by atoms with van der Waals surface area (Å²) in [6, 6.07) is 10.0. The lowest BCUT2D eigenvalue weighted by molar-refractivity contribution is 0.0896. The zero-order valence-corrected chi connectivity index (χ0v) is 14.0. The Balaban J connectivity index is 1.81. The number of carbonyl (C=O) groups excluding carboxylic acids is 2. The second-order valence-corrected chi connectivity index (χ2v) is 5.82. The molecule has 1 aromatic carbocycles. The summed E-state index contributed by atoms with van der Waals surface area (Å²) in [5.41, 5.74) is 0.579. The average molecular weight is 330 g/mol. The monoisotopic (exact) mass is 330 g/mol. The SMILES string of the molecule is CC(C)NC(=O)c1ccc(OCC(C)NC(=O)c2ccco2)cc1. The lowest BCUT2D eigenvalue weighted by atomic mass is 10.2. The smallest absolute Gasteiger partial charge is 0.287 e. The molecule has 1 aromatic heterocycles. The van der Waals surface area contributed by atoms with Gasteiger partial charge in [0.2, 0.25) is 0 Å². The van der Waals surface area contributed by atoms with Gasteiger partial charge >= 0.3 is 0 Å². The molecule has 2 N–H and O–H groups in total. The maximum atomic E-state index is 11.9. The summed E-state index contributed by atoms with van der Waals surface area (Å²) < 4.78 is 10.7. The van der Waals surface area contributed by atoms with Crippen molar-refractivity contribution >= 4 is 11.8 Å². The molecule has 1 unspecified atom stereocenters. The van der Waals surface area contributed by atoms with Crippen molar-refractivity contribution in [2.75, 3.05) is 6.61 Å². The van der Waals surface area contributed by atoms with Crippen molar-refractivity contribution in [3.8, 4) is 5.75 Å². The first-order valence-corrected chi connectivity index (χ1v) is 7.84. The molecular weight excluding hydrogens is 308 g/mol. The number of hydrogen-bond donors (Lipinski definition) is 2. The van der Waals surface area contributed by atoms with Gasteiger partial charge in [0, 0.05) is 11.6 Å². The highest BCUT2D eigenvalue weighted by atomic mass is 16.5. The standard InChI is InChI=1S/C18H22N2O4/c1-12(2)19-17(21)14-6-8-15(9-7-14)24-11-13(3)20-18(22)16-5-4-10-23-16/h4-10,12-13H,11H2,1-3H3,(H,19,21)(H,20,22). The van der Waals surface area contributed by atoms with Gasteiger partial charge in [0.15, 0.2) is 5.76 Å². The summed E-state index contributed by atoms with van der Waals surface area (Å²) in [6.45, 7) is 5.97. The van der Waals surface area contributed by atoms with Gasteiger partial charge in [0.05, 0.1) is 12.3 Å². The fourth-order valence-corrected chi connectivity index (χ4v) is 2.01. The van der Waals surface area contributed by atoms with Crippen LogP contribution >= 0.6 is 0 Å². The number of amides is 2. The molecular formula is C18H22N2O4. The molecule has 0 bridgehead atoms. The van der Waals surface area contributed by atoms with Crippen LogP contribution in [0.1, 0.15) is 41.7 Å². The Morgan fingerprint density at radius 3 is 2.33 bits per heavy atom. The maximum Gasteiger partial charge on any atom is 0.287 e. The third-order valence-electron chi connectivity index (χ3n) is 3.16. The van der Waals surface area contributed by atoms with Crippen molar-refractivity contribution in [3.63, 3.8) is 0 Å². The Morgan fingerprint density at radius 1 is 1.04 bits per heavy atom. The molecule has 0 fully saturated rings. The summed E-state index contributed by atoms with van der Waals surface area (Å²) in [7, 11) is 0. The van der Waals surface area contributed by atoms with Gasteiger partial charge in [-0.25, -0.2) is 0 Å². The number of benzene rings is 1. The highest BCUT2D eigenvalue weighted by molar-refractivity contribution is 5.94. The van der Waals surface area contributed by atoms with Crippen LogP contribution in [0.3, 0.4) is 0 Å². The fraction of sp³-hybridized carbons (Fsp3) is 0.333. The topological polar surface area (TPSA) is 80.6 Å². The Labute approximate surface area is 141 Å². The minimum Gasteiger partial charge on any atom is -0.491 e. The summed E-state index contributed by atoms with van der Waals surface area (Å²) >= 11 is 0. The molecule has 0 saturated heterocycles. The van der Waals surface area contributed by atoms with Crippen LogP contribution in [-0.4, -0.2) is 30.5 Å². The molecule has 128 valence electrons. The Kier molecular flexibility index (Phi) is 6.01. The van der Waals surface area contributed by atoms with E-state index >= 15 is 0 Å². The van der Waals surface area contributed by atoms with Crippen molar-refractivity contribution in [3.05, 3.63) is 54.0 Å². The van der Waals surface area contributed by atoms with E-state index in [2.05, 4.69) is 10.6 Å². The van der Waals surface area contributed by atoms with E-state index in [9.17, 15) is 9.59 Å². The zero-order chi connectivity index (χ0) is 17.5. The highest BCUT2D eigenvalue weighted by Crippen LogP contribution is 2.13. The number of rotatable bonds is 7. The molecule has 2 aromatic rings. The second kappa shape index (κ2) is 8.19. The van der Waals surface area contributed by atoms with Crippen molar-refractivity contribution in [2.45, 2.75) is 32.9 Å². The van der Waals surface area contributed by atoms with Crippen LogP contribution in [0.5, 0.6) is 5.75 Å². The fourth-order valence-electron chi connectivity index (χ4n) is 2.01. The first kappa shape index (κ1) is 17.6. The maximum absolute atomic E-state index is 11.9. The summed E-state index contributed by atoms with van der Waals surface area (Å²) in [4.78, 5) is 23.7. The molecule has 24 heavy (non-hydrogen) atoms. The van der Waals surface area contributed by atoms with Gasteiger partial charge < -0.3 is 19.8 Å². The second-order valence-electron chi connectivity index (χ2n) is 5.82. The van der Waals surface area contributed by atoms with E-state index in [1.54, 1.807) is 36.4 Å². The number of nitrogens with one attached hydrogen (secondary N) is 2. The van der Waals surface area contributed by atoms with Crippen LogP contribution in [0.15, 0.2) is 47.1 Å². The van der Waals surface area contributed by atoms with Crippen LogP contribution < -0.4 is 15.4 Å². The van der Waals surface area contributed by atoms with E-state index in [1.807, 2.05) is 20.8 Å². The Morgan fingerprint density at radius 2 is 1.75 bits per heavy atom. The van der Waals surface area contributed by atoms with Crippen LogP contribution in [-0.2, 0) is 0 Å². The summed E-state index contributed by atoms with van der Waals surface area (Å²) in [5, 5.41) is 5.61. The first-order chi connectivity index (χ1) is 11.5. The third-order valence-corrected chi connectivity index (χ3v) is 3.16. The van der Waals surface area contributed by atoms with Gasteiger partial charge in [-0.05, 0) is 57.2 Å². The van der Waals surface area contributed by atoms with E-state index in [4.69, 9.17) is 9.15 Å². The molecule has 0 aliphatic rings. The van der Waals surface area contributed by atoms with Gasteiger partial charge in [-0.2, -0.15) is 0 Å². The molecule has 2 amide bonds. The number of carbonyl (C=O) groups is 2. The van der Waals surface area contributed by atoms with Gasteiger partial charge in [-0.3, -0.25) is 9.59 Å². The molecule has 0 radical (unpaired) electrons. The molecule has 0 saturated carbocycles. The van der Waals surface area contributed by atoms with Crippen molar-refractivity contribution < 1.29 is 18.7 Å². The molecule has 0 aliphatic carbocycles. The lowest BCUT2D eigenvalue weighted by Crippen LogP contribution is -2.36. The van der Waals surface area contributed by atoms with E-state index in [1.165, 1.54) is 6.26 Å². The first-order valence-electron chi connectivity index (χ1n) is 7.84. The molecule has 6 heteroatoms. The van der Waals surface area contributed by atoms with E-state index in [0.29, 0.717) is 17.9 Å². The molecule has 1 heterocycles. The molecule has 6 nitrogen and oxygen atoms in total. The predicted octanol–water partition coefficient (Wildman–Crippen LogP) is 2.62. The molecule has 1 atom stereocenters. The van der Waals surface area contributed by atoms with Crippen LogP contribution in [0.4, 0.5) is 0 Å². The Bertz CT molecular complexity index is 663. The van der Waals surface area contributed by atoms with Gasteiger partial charge in [-0.1, -0.05) is 0 Å². The van der Waals surface area contributed by atoms with E-state index in [-0.39, 0.29) is 29.7 Å². The molecule has 2 rings (SSSR count). The minimum atomic E-state index is -0.281. The zero-order valence-electron chi connectivity index (χ0n) is 14.0. The largest absolute Gasteiger partial charge is 0.491 e. The number of furan rings is 1. The van der Waals surface area contributed by atoms with Crippen LogP contribution in [0.25, 0.3) is 0 Å².